The molecule has 2 heterocycles. The summed E-state index contributed by atoms with van der Waals surface area (Å²) in [4.78, 5) is 11.6. The normalized spacial score (nSPS) is 15.6. The number of nitrogens with zero attached hydrogens (tertiary/aromatic N) is 4. The Morgan fingerprint density at radius 3 is 1.75 bits per heavy atom. The quantitative estimate of drug-likeness (QED) is 0.0856. The fourth-order valence-electron chi connectivity index (χ4n) is 8.05. The van der Waals surface area contributed by atoms with E-state index in [4.69, 9.17) is 24.6 Å². The highest BCUT2D eigenvalue weighted by Crippen LogP contribution is 2.43. The second-order valence-electron chi connectivity index (χ2n) is 18.6. The van der Waals surface area contributed by atoms with Gasteiger partial charge in [-0.3, -0.25) is 0 Å². The number of fused-ring (bicyclic) bond motifs is 2. The molecule has 2 atom stereocenters. The van der Waals surface area contributed by atoms with E-state index in [0.717, 1.165) is 69.7 Å². The molecule has 2 aliphatic carbocycles. The van der Waals surface area contributed by atoms with Crippen molar-refractivity contribution >= 4 is 31.0 Å². The first-order chi connectivity index (χ1) is 30.6. The van der Waals surface area contributed by atoms with Gasteiger partial charge in [-0.05, 0) is 141 Å². The van der Waals surface area contributed by atoms with E-state index in [2.05, 4.69) is 92.7 Å². The Morgan fingerprint density at radius 1 is 0.750 bits per heavy atom. The van der Waals surface area contributed by atoms with Crippen molar-refractivity contribution in [2.24, 2.45) is 5.73 Å². The second kappa shape index (κ2) is 19.9. The summed E-state index contributed by atoms with van der Waals surface area (Å²) in [5.41, 5.74) is 17.1. The van der Waals surface area contributed by atoms with E-state index in [1.54, 1.807) is 22.7 Å². The van der Waals surface area contributed by atoms with Gasteiger partial charge in [-0.1, -0.05) is 57.2 Å². The van der Waals surface area contributed by atoms with Gasteiger partial charge in [0.25, 0.3) is 0 Å². The van der Waals surface area contributed by atoms with Crippen molar-refractivity contribution in [3.63, 3.8) is 0 Å². The van der Waals surface area contributed by atoms with E-state index in [1.807, 2.05) is 76.5 Å². The number of rotatable bonds is 13. The maximum Gasteiger partial charge on any atom is 0.192 e. The molecule has 12 heteroatoms. The van der Waals surface area contributed by atoms with E-state index in [1.165, 1.54) is 33.4 Å². The molecule has 0 unspecified atom stereocenters. The molecule has 2 aromatic heterocycles. The fraction of sp³-hybridized carbons (Fsp3) is 0.385. The molecule has 8 rings (SSSR count). The summed E-state index contributed by atoms with van der Waals surface area (Å²) in [6, 6.07) is 29.4. The third-order valence-corrected chi connectivity index (χ3v) is 19.0. The van der Waals surface area contributed by atoms with Crippen LogP contribution in [-0.2, 0) is 17.3 Å². The van der Waals surface area contributed by atoms with E-state index in [0.29, 0.717) is 28.7 Å². The number of nitrogens with one attached hydrogen (secondary N) is 1. The van der Waals surface area contributed by atoms with Crippen molar-refractivity contribution in [3.05, 3.63) is 119 Å². The molecule has 0 spiro atoms. The first kappa shape index (κ1) is 46.8. The third-order valence-electron chi connectivity index (χ3n) is 12.3. The zero-order valence-corrected chi connectivity index (χ0v) is 41.2. The number of hydrogen-bond acceptors (Lipinski definition) is 11. The van der Waals surface area contributed by atoms with Gasteiger partial charge < -0.3 is 25.0 Å². The molecule has 3 N–H and O–H groups in total. The molecule has 6 aromatic rings. The number of hydrogen-bond donors (Lipinski definition) is 2. The van der Waals surface area contributed by atoms with E-state index >= 15 is 0 Å². The first-order valence-electron chi connectivity index (χ1n) is 22.3. The zero-order chi connectivity index (χ0) is 45.8. The maximum absolute atomic E-state index is 9.61. The van der Waals surface area contributed by atoms with Crippen LogP contribution in [0.15, 0.2) is 85.2 Å². The summed E-state index contributed by atoms with van der Waals surface area (Å²) >= 11 is 3.32. The lowest BCUT2D eigenvalue weighted by Gasteiger charge is -2.36. The zero-order valence-electron chi connectivity index (χ0n) is 38.5. The van der Waals surface area contributed by atoms with Crippen molar-refractivity contribution in [3.8, 4) is 65.7 Å². The van der Waals surface area contributed by atoms with Crippen molar-refractivity contribution in [1.29, 1.82) is 10.5 Å². The second-order valence-corrected chi connectivity index (χ2v) is 25.5. The molecular weight excluding hydrogens is 849 g/mol. The maximum atomic E-state index is 9.61. The highest BCUT2D eigenvalue weighted by atomic mass is 32.1. The topological polar surface area (TPSA) is 139 Å². The molecule has 0 saturated heterocycles. The van der Waals surface area contributed by atoms with Crippen LogP contribution >= 0.6 is 22.7 Å². The molecule has 332 valence electrons. The van der Waals surface area contributed by atoms with Crippen LogP contribution in [0.1, 0.15) is 107 Å². The summed E-state index contributed by atoms with van der Waals surface area (Å²) in [6.07, 6.45) is 8.10. The average molecular weight is 909 g/mol. The number of ether oxygens (including phenoxy) is 2. The first-order valence-corrected chi connectivity index (χ1v) is 26.8. The van der Waals surface area contributed by atoms with Crippen molar-refractivity contribution in [1.82, 2.24) is 15.3 Å². The van der Waals surface area contributed by atoms with Gasteiger partial charge in [0.15, 0.2) is 8.32 Å². The van der Waals surface area contributed by atoms with Crippen molar-refractivity contribution < 1.29 is 13.9 Å². The summed E-state index contributed by atoms with van der Waals surface area (Å²) in [5.74, 6) is 1.23. The van der Waals surface area contributed by atoms with Gasteiger partial charge in [-0.25, -0.2) is 9.97 Å². The van der Waals surface area contributed by atoms with E-state index in [9.17, 15) is 10.5 Å². The number of benzene rings is 4. The van der Waals surface area contributed by atoms with Crippen LogP contribution in [0.5, 0.6) is 11.5 Å². The standard InChI is InChI=1S/C30H39N3O2SSi.C22H21N3OS/c1-20(2)35-27-14-11-21(17-22(27)18-31)29-33-19-28(36-29)25-10-8-9-24-23(25)12-13-26(24)32-15-16-34-37(6,7)30(3,4)5;1-13(2)26-20-9-6-14(10-15(20)11-23)22-25-12-21(27-22)18-5-3-4-17-16(18)7-8-19(17)24/h8-11,14,17,19-20,26,32H,12-13,15-16H2,1-7H3;3-6,9-10,12-13,19H,7-8,24H2,1-2H3/t26-;19-/m00/s1. The largest absolute Gasteiger partial charge is 0.490 e. The molecule has 0 radical (unpaired) electrons. The molecule has 4 aromatic carbocycles. The molecular formula is C52H60N6O3S2Si. The number of nitrogens with two attached hydrogens (primary N) is 1. The van der Waals surface area contributed by atoms with Crippen LogP contribution in [0.3, 0.4) is 0 Å². The van der Waals surface area contributed by atoms with Crippen LogP contribution in [0.25, 0.3) is 42.0 Å². The predicted molar refractivity (Wildman–Crippen MR) is 264 cm³/mol. The van der Waals surface area contributed by atoms with Gasteiger partial charge in [-0.15, -0.1) is 22.7 Å². The molecule has 0 amide bonds. The van der Waals surface area contributed by atoms with Gasteiger partial charge in [0.1, 0.15) is 33.7 Å². The molecule has 64 heavy (non-hydrogen) atoms. The number of nitriles is 2. The molecule has 0 aliphatic heterocycles. The Morgan fingerprint density at radius 2 is 1.25 bits per heavy atom. The van der Waals surface area contributed by atoms with Crippen LogP contribution < -0.4 is 20.5 Å². The minimum absolute atomic E-state index is 0.0209. The Hall–Kier alpha value is -5.18. The lowest BCUT2D eigenvalue weighted by Crippen LogP contribution is -2.42. The molecule has 0 fully saturated rings. The smallest absolute Gasteiger partial charge is 0.192 e. The average Bonchev–Trinajstić information content (AvgIpc) is 4.10. The van der Waals surface area contributed by atoms with Crippen LogP contribution in [0, 0.1) is 22.7 Å². The molecule has 0 saturated carbocycles. The highest BCUT2D eigenvalue weighted by molar-refractivity contribution is 7.18. The number of thiazole rings is 2. The predicted octanol–water partition coefficient (Wildman–Crippen LogP) is 12.8. The van der Waals surface area contributed by atoms with Crippen molar-refractivity contribution in [2.45, 2.75) is 117 Å². The van der Waals surface area contributed by atoms with Crippen LogP contribution in [0.4, 0.5) is 0 Å². The van der Waals surface area contributed by atoms with Gasteiger partial charge in [0, 0.05) is 48.8 Å². The minimum Gasteiger partial charge on any atom is -0.490 e. The van der Waals surface area contributed by atoms with Gasteiger partial charge in [0.05, 0.1) is 33.1 Å². The fourth-order valence-corrected chi connectivity index (χ4v) is 11.0. The van der Waals surface area contributed by atoms with Crippen molar-refractivity contribution in [2.75, 3.05) is 13.2 Å². The van der Waals surface area contributed by atoms with Crippen LogP contribution in [0.2, 0.25) is 18.1 Å². The minimum atomic E-state index is -1.72. The van der Waals surface area contributed by atoms with Gasteiger partial charge in [-0.2, -0.15) is 10.5 Å². The lowest BCUT2D eigenvalue weighted by atomic mass is 10.0. The SMILES string of the molecule is CC(C)Oc1ccc(-c2ncc(-c3cccc4c3CC[C@@H]4N)s2)cc1C#N.CC(C)Oc1ccc(-c2ncc(-c3cccc4c3CC[C@@H]4NCCO[Si](C)(C)C(C)(C)C)s2)cc1C#N. The monoisotopic (exact) mass is 908 g/mol. The highest BCUT2D eigenvalue weighted by Gasteiger charge is 2.37. The molecule has 2 aliphatic rings. The summed E-state index contributed by atoms with van der Waals surface area (Å²) in [6.45, 7) is 20.9. The van der Waals surface area contributed by atoms with Gasteiger partial charge >= 0.3 is 0 Å². The third kappa shape index (κ3) is 10.5. The summed E-state index contributed by atoms with van der Waals surface area (Å²) in [7, 11) is -1.72. The summed E-state index contributed by atoms with van der Waals surface area (Å²) < 4.78 is 17.9. The van der Waals surface area contributed by atoms with Gasteiger partial charge in [0.2, 0.25) is 0 Å². The van der Waals surface area contributed by atoms with E-state index < -0.39 is 8.32 Å². The Balaban J connectivity index is 0.000000201. The van der Waals surface area contributed by atoms with E-state index in [-0.39, 0.29) is 23.3 Å². The lowest BCUT2D eigenvalue weighted by molar-refractivity contribution is 0.241. The molecule has 0 bridgehead atoms. The Bertz CT molecular complexity index is 2680. The number of aromatic nitrogens is 2. The Kier molecular flexibility index (Phi) is 14.6. The molecule has 9 nitrogen and oxygen atoms in total. The summed E-state index contributed by atoms with van der Waals surface area (Å²) in [5, 5.41) is 24.9. The Labute approximate surface area is 388 Å². The van der Waals surface area contributed by atoms with Crippen LogP contribution in [-0.4, -0.2) is 43.6 Å².